The van der Waals surface area contributed by atoms with E-state index in [0.717, 1.165) is 11.3 Å². The van der Waals surface area contributed by atoms with Crippen LogP contribution in [0.25, 0.3) is 0 Å². The molecule has 0 saturated heterocycles. The van der Waals surface area contributed by atoms with E-state index >= 15 is 0 Å². The molecule has 4 nitrogen and oxygen atoms in total. The Morgan fingerprint density at radius 3 is 2.46 bits per heavy atom. The first-order valence-corrected chi connectivity index (χ1v) is 8.66. The predicted octanol–water partition coefficient (Wildman–Crippen LogP) is 4.51. The lowest BCUT2D eigenvalue weighted by atomic mass is 9.84. The number of nitrogens with zero attached hydrogens (tertiary/aromatic N) is 1. The minimum atomic E-state index is -0.518. The van der Waals surface area contributed by atoms with Gasteiger partial charge in [0.05, 0.1) is 13.2 Å². The van der Waals surface area contributed by atoms with Gasteiger partial charge in [0.15, 0.2) is 0 Å². The number of hydrogen-bond donors (Lipinski definition) is 1. The average Bonchev–Trinajstić information content (AvgIpc) is 2.65. The standard InChI is InChI=1S/C21H27FN2O2/c1-15(16-10-6-9-13-19(16)26-5)24(4)20(25)23-14-21(2,3)17-11-7-8-12-18(17)22/h6-13,15H,14H2,1-5H3,(H,23,25). The first-order valence-electron chi connectivity index (χ1n) is 8.66. The number of rotatable bonds is 6. The fraction of sp³-hybridized carbons (Fsp3) is 0.381. The lowest BCUT2D eigenvalue weighted by Crippen LogP contribution is -2.44. The molecular weight excluding hydrogens is 331 g/mol. The van der Waals surface area contributed by atoms with Crippen molar-refractivity contribution >= 4 is 6.03 Å². The van der Waals surface area contributed by atoms with Crippen molar-refractivity contribution in [2.45, 2.75) is 32.2 Å². The van der Waals surface area contributed by atoms with Gasteiger partial charge in [-0.15, -0.1) is 0 Å². The summed E-state index contributed by atoms with van der Waals surface area (Å²) in [6.45, 7) is 6.10. The molecule has 0 spiro atoms. The lowest BCUT2D eigenvalue weighted by Gasteiger charge is -2.30. The highest BCUT2D eigenvalue weighted by Crippen LogP contribution is 2.28. The zero-order valence-electron chi connectivity index (χ0n) is 16.0. The van der Waals surface area contributed by atoms with Gasteiger partial charge in [0.2, 0.25) is 0 Å². The highest BCUT2D eigenvalue weighted by molar-refractivity contribution is 5.74. The molecule has 2 amide bonds. The van der Waals surface area contributed by atoms with Crippen LogP contribution < -0.4 is 10.1 Å². The number of urea groups is 1. The van der Waals surface area contributed by atoms with Crippen molar-refractivity contribution in [2.24, 2.45) is 0 Å². The quantitative estimate of drug-likeness (QED) is 0.825. The first-order chi connectivity index (χ1) is 12.3. The van der Waals surface area contributed by atoms with Crippen molar-refractivity contribution in [2.75, 3.05) is 20.7 Å². The molecule has 0 aliphatic heterocycles. The monoisotopic (exact) mass is 358 g/mol. The molecule has 1 N–H and O–H groups in total. The Balaban J connectivity index is 2.06. The third kappa shape index (κ3) is 4.34. The van der Waals surface area contributed by atoms with E-state index in [9.17, 15) is 9.18 Å². The van der Waals surface area contributed by atoms with Crippen LogP contribution in [0.5, 0.6) is 5.75 Å². The van der Waals surface area contributed by atoms with Crippen LogP contribution in [0.1, 0.15) is 37.9 Å². The Morgan fingerprint density at radius 2 is 1.81 bits per heavy atom. The average molecular weight is 358 g/mol. The van der Waals surface area contributed by atoms with E-state index in [1.165, 1.54) is 6.07 Å². The summed E-state index contributed by atoms with van der Waals surface area (Å²) in [7, 11) is 3.35. The van der Waals surface area contributed by atoms with Gasteiger partial charge >= 0.3 is 6.03 Å². The van der Waals surface area contributed by atoms with Crippen molar-refractivity contribution in [3.05, 3.63) is 65.5 Å². The fourth-order valence-corrected chi connectivity index (χ4v) is 2.92. The smallest absolute Gasteiger partial charge is 0.317 e. The third-order valence-corrected chi connectivity index (χ3v) is 4.77. The molecule has 5 heteroatoms. The van der Waals surface area contributed by atoms with Crippen molar-refractivity contribution < 1.29 is 13.9 Å². The summed E-state index contributed by atoms with van der Waals surface area (Å²) in [5.41, 5.74) is 0.997. The SMILES string of the molecule is COc1ccccc1C(C)N(C)C(=O)NCC(C)(C)c1ccccc1F. The van der Waals surface area contributed by atoms with Crippen LogP contribution in [0.4, 0.5) is 9.18 Å². The molecule has 1 atom stereocenters. The molecule has 2 aromatic rings. The number of para-hydroxylation sites is 1. The Labute approximate surface area is 155 Å². The summed E-state index contributed by atoms with van der Waals surface area (Å²) in [5, 5.41) is 2.92. The molecule has 0 saturated carbocycles. The summed E-state index contributed by atoms with van der Waals surface area (Å²) in [5.74, 6) is 0.480. The highest BCUT2D eigenvalue weighted by atomic mass is 19.1. The maximum Gasteiger partial charge on any atom is 0.317 e. The van der Waals surface area contributed by atoms with Crippen LogP contribution in [0.15, 0.2) is 48.5 Å². The number of benzene rings is 2. The van der Waals surface area contributed by atoms with Gasteiger partial charge in [-0.2, -0.15) is 0 Å². The predicted molar refractivity (Wildman–Crippen MR) is 102 cm³/mol. The maximum atomic E-state index is 14.1. The van der Waals surface area contributed by atoms with Crippen LogP contribution in [0.2, 0.25) is 0 Å². The summed E-state index contributed by atoms with van der Waals surface area (Å²) in [6, 6.07) is 13.9. The van der Waals surface area contributed by atoms with Gasteiger partial charge < -0.3 is 15.0 Å². The topological polar surface area (TPSA) is 41.6 Å². The molecule has 0 aromatic heterocycles. The van der Waals surface area contributed by atoms with Crippen LogP contribution >= 0.6 is 0 Å². The number of hydrogen-bond acceptors (Lipinski definition) is 2. The molecular formula is C21H27FN2O2. The van der Waals surface area contributed by atoms with Crippen molar-refractivity contribution in [1.82, 2.24) is 10.2 Å². The fourth-order valence-electron chi connectivity index (χ4n) is 2.92. The molecule has 0 fully saturated rings. The van der Waals surface area contributed by atoms with Gasteiger partial charge in [-0.05, 0) is 24.6 Å². The Kier molecular flexibility index (Phi) is 6.24. The number of nitrogens with one attached hydrogen (secondary N) is 1. The second-order valence-electron chi connectivity index (χ2n) is 7.05. The maximum absolute atomic E-state index is 14.1. The second kappa shape index (κ2) is 8.21. The normalized spacial score (nSPS) is 12.4. The number of carbonyl (C=O) groups excluding carboxylic acids is 1. The van der Waals surface area contributed by atoms with Gasteiger partial charge in [0, 0.05) is 24.6 Å². The molecule has 2 rings (SSSR count). The van der Waals surface area contributed by atoms with Crippen LogP contribution in [-0.4, -0.2) is 31.6 Å². The van der Waals surface area contributed by atoms with Crippen LogP contribution in [-0.2, 0) is 5.41 Å². The van der Waals surface area contributed by atoms with Crippen molar-refractivity contribution in [3.8, 4) is 5.75 Å². The first kappa shape index (κ1) is 19.8. The number of ether oxygens (including phenoxy) is 1. The van der Waals surface area contributed by atoms with E-state index in [1.807, 2.05) is 45.0 Å². The molecule has 2 aromatic carbocycles. The largest absolute Gasteiger partial charge is 0.496 e. The minimum absolute atomic E-state index is 0.164. The van der Waals surface area contributed by atoms with Gasteiger partial charge in [-0.3, -0.25) is 0 Å². The molecule has 0 aliphatic rings. The zero-order chi connectivity index (χ0) is 19.3. The lowest BCUT2D eigenvalue weighted by molar-refractivity contribution is 0.191. The summed E-state index contributed by atoms with van der Waals surface area (Å²) >= 11 is 0. The molecule has 0 radical (unpaired) electrons. The van der Waals surface area contributed by atoms with Crippen LogP contribution in [0.3, 0.4) is 0 Å². The highest BCUT2D eigenvalue weighted by Gasteiger charge is 2.26. The van der Waals surface area contributed by atoms with Crippen molar-refractivity contribution in [1.29, 1.82) is 0 Å². The number of amides is 2. The van der Waals surface area contributed by atoms with E-state index < -0.39 is 5.41 Å². The zero-order valence-corrected chi connectivity index (χ0v) is 16.0. The van der Waals surface area contributed by atoms with Gasteiger partial charge in [0.25, 0.3) is 0 Å². The minimum Gasteiger partial charge on any atom is -0.496 e. The second-order valence-corrected chi connectivity index (χ2v) is 7.05. The third-order valence-electron chi connectivity index (χ3n) is 4.77. The Morgan fingerprint density at radius 1 is 1.19 bits per heavy atom. The van der Waals surface area contributed by atoms with E-state index in [4.69, 9.17) is 4.74 Å². The van der Waals surface area contributed by atoms with E-state index in [1.54, 1.807) is 37.3 Å². The molecule has 1 unspecified atom stereocenters. The van der Waals surface area contributed by atoms with E-state index in [2.05, 4.69) is 5.32 Å². The number of halogens is 1. The van der Waals surface area contributed by atoms with E-state index in [0.29, 0.717) is 12.1 Å². The van der Waals surface area contributed by atoms with Crippen molar-refractivity contribution in [3.63, 3.8) is 0 Å². The van der Waals surface area contributed by atoms with Crippen LogP contribution in [0, 0.1) is 5.82 Å². The number of methoxy groups -OCH3 is 1. The summed E-state index contributed by atoms with van der Waals surface area (Å²) in [6.07, 6.45) is 0. The molecule has 0 bridgehead atoms. The molecule has 0 aliphatic carbocycles. The Hall–Kier alpha value is -2.56. The molecule has 140 valence electrons. The summed E-state index contributed by atoms with van der Waals surface area (Å²) in [4.78, 5) is 14.2. The molecule has 0 heterocycles. The van der Waals surface area contributed by atoms with E-state index in [-0.39, 0.29) is 17.9 Å². The Bertz CT molecular complexity index is 761. The van der Waals surface area contributed by atoms with Gasteiger partial charge in [-0.25, -0.2) is 9.18 Å². The number of carbonyl (C=O) groups is 1. The van der Waals surface area contributed by atoms with Gasteiger partial charge in [0.1, 0.15) is 11.6 Å². The van der Waals surface area contributed by atoms with Gasteiger partial charge in [-0.1, -0.05) is 50.2 Å². The molecule has 26 heavy (non-hydrogen) atoms. The summed E-state index contributed by atoms with van der Waals surface area (Å²) < 4.78 is 19.4.